The van der Waals surface area contributed by atoms with Gasteiger partial charge in [-0.25, -0.2) is 8.42 Å². The van der Waals surface area contributed by atoms with Crippen molar-refractivity contribution in [2.75, 3.05) is 11.3 Å². The minimum absolute atomic E-state index is 0.150. The summed E-state index contributed by atoms with van der Waals surface area (Å²) in [6.07, 6.45) is -0.481. The molecule has 0 unspecified atom stereocenters. The molecule has 0 atom stereocenters. The molecule has 6 nitrogen and oxygen atoms in total. The van der Waals surface area contributed by atoms with E-state index in [9.17, 15) is 26.4 Å². The number of anilines is 1. The number of benzene rings is 2. The Kier molecular flexibility index (Phi) is 6.55. The van der Waals surface area contributed by atoms with Crippen molar-refractivity contribution in [3.05, 3.63) is 54.1 Å². The Hall–Kier alpha value is -2.75. The third kappa shape index (κ3) is 5.88. The Balaban J connectivity index is 1.60. The second-order valence-electron chi connectivity index (χ2n) is 6.99. The first kappa shape index (κ1) is 21.9. The zero-order valence-electron chi connectivity index (χ0n) is 15.9. The van der Waals surface area contributed by atoms with Crippen LogP contribution in [0.15, 0.2) is 53.4 Å². The lowest BCUT2D eigenvalue weighted by atomic mass is 10.2. The van der Waals surface area contributed by atoms with Crippen LogP contribution >= 0.6 is 0 Å². The largest absolute Gasteiger partial charge is 0.484 e. The van der Waals surface area contributed by atoms with Gasteiger partial charge in [0.05, 0.1) is 10.5 Å². The average Bonchev–Trinajstić information content (AvgIpc) is 3.19. The molecule has 0 bridgehead atoms. The van der Waals surface area contributed by atoms with Gasteiger partial charge in [-0.05, 0) is 55.3 Å². The topological polar surface area (TPSA) is 84.5 Å². The molecule has 0 spiro atoms. The number of rotatable bonds is 7. The van der Waals surface area contributed by atoms with E-state index in [4.69, 9.17) is 4.74 Å². The van der Waals surface area contributed by atoms with Gasteiger partial charge in [0, 0.05) is 11.7 Å². The molecule has 1 aliphatic carbocycles. The van der Waals surface area contributed by atoms with Gasteiger partial charge in [-0.2, -0.15) is 13.2 Å². The number of hydrogen-bond donors (Lipinski definition) is 2. The minimum Gasteiger partial charge on any atom is -0.484 e. The van der Waals surface area contributed by atoms with Crippen molar-refractivity contribution in [1.29, 1.82) is 0 Å². The predicted octanol–water partition coefficient (Wildman–Crippen LogP) is 3.94. The van der Waals surface area contributed by atoms with Crippen molar-refractivity contribution in [3.63, 3.8) is 0 Å². The third-order valence-electron chi connectivity index (χ3n) is 4.67. The quantitative estimate of drug-likeness (QED) is 0.680. The van der Waals surface area contributed by atoms with Crippen molar-refractivity contribution < 1.29 is 31.1 Å². The van der Waals surface area contributed by atoms with Crippen LogP contribution in [0.25, 0.3) is 0 Å². The normalized spacial score (nSPS) is 15.0. The molecule has 2 aromatic carbocycles. The SMILES string of the molecule is O=C(COc1ccc(S(=O)(=O)Nc2cccc(C(F)(F)F)c2)cc1)NC1CCCC1. The molecule has 0 radical (unpaired) electrons. The van der Waals surface area contributed by atoms with E-state index in [0.29, 0.717) is 5.75 Å². The zero-order chi connectivity index (χ0) is 21.8. The van der Waals surface area contributed by atoms with Crippen LogP contribution in [0.1, 0.15) is 31.2 Å². The van der Waals surface area contributed by atoms with Crippen LogP contribution in [0.3, 0.4) is 0 Å². The molecular weight excluding hydrogens is 421 g/mol. The maximum absolute atomic E-state index is 12.8. The smallest absolute Gasteiger partial charge is 0.416 e. The fourth-order valence-corrected chi connectivity index (χ4v) is 4.23. The second-order valence-corrected chi connectivity index (χ2v) is 8.68. The van der Waals surface area contributed by atoms with Crippen molar-refractivity contribution >= 4 is 21.6 Å². The number of carbonyl (C=O) groups is 1. The molecule has 0 saturated heterocycles. The van der Waals surface area contributed by atoms with Gasteiger partial charge in [-0.3, -0.25) is 9.52 Å². The maximum Gasteiger partial charge on any atom is 0.416 e. The summed E-state index contributed by atoms with van der Waals surface area (Å²) in [5.41, 5.74) is -1.16. The fraction of sp³-hybridized carbons (Fsp3) is 0.350. The second kappa shape index (κ2) is 8.95. The van der Waals surface area contributed by atoms with Crippen LogP contribution < -0.4 is 14.8 Å². The summed E-state index contributed by atoms with van der Waals surface area (Å²) in [6, 6.07) is 9.36. The minimum atomic E-state index is -4.58. The van der Waals surface area contributed by atoms with Crippen molar-refractivity contribution in [3.8, 4) is 5.75 Å². The maximum atomic E-state index is 12.8. The molecule has 1 amide bonds. The van der Waals surface area contributed by atoms with Crippen molar-refractivity contribution in [2.45, 2.75) is 42.8 Å². The predicted molar refractivity (Wildman–Crippen MR) is 105 cm³/mol. The number of alkyl halides is 3. The molecule has 0 heterocycles. The van der Waals surface area contributed by atoms with Crippen LogP contribution in [0.5, 0.6) is 5.75 Å². The van der Waals surface area contributed by atoms with Crippen LogP contribution in [-0.2, 0) is 21.0 Å². The molecule has 30 heavy (non-hydrogen) atoms. The molecule has 0 aromatic heterocycles. The molecule has 3 rings (SSSR count). The number of halogens is 3. The molecule has 1 aliphatic rings. The summed E-state index contributed by atoms with van der Waals surface area (Å²) in [5.74, 6) is 0.0550. The molecule has 0 aliphatic heterocycles. The van der Waals surface area contributed by atoms with Crippen LogP contribution in [0.4, 0.5) is 18.9 Å². The molecule has 1 fully saturated rings. The van der Waals surface area contributed by atoms with E-state index in [0.717, 1.165) is 43.9 Å². The molecular formula is C20H21F3N2O4S. The van der Waals surface area contributed by atoms with Gasteiger partial charge in [0.15, 0.2) is 6.61 Å². The first-order valence-electron chi connectivity index (χ1n) is 9.36. The van der Waals surface area contributed by atoms with Gasteiger partial charge in [-0.1, -0.05) is 18.9 Å². The average molecular weight is 442 g/mol. The summed E-state index contributed by atoms with van der Waals surface area (Å²) >= 11 is 0. The third-order valence-corrected chi connectivity index (χ3v) is 6.06. The molecule has 162 valence electrons. The highest BCUT2D eigenvalue weighted by Gasteiger charge is 2.30. The standard InChI is InChI=1S/C20H21F3N2O4S/c21-20(22,23)14-4-3-7-16(12-14)25-30(27,28)18-10-8-17(9-11-18)29-13-19(26)24-15-5-1-2-6-15/h3-4,7-12,15,25H,1-2,5-6,13H2,(H,24,26). The zero-order valence-corrected chi connectivity index (χ0v) is 16.7. The number of ether oxygens (including phenoxy) is 1. The summed E-state index contributed by atoms with van der Waals surface area (Å²) in [6.45, 7) is -0.189. The van der Waals surface area contributed by atoms with E-state index in [1.54, 1.807) is 0 Å². The van der Waals surface area contributed by atoms with E-state index in [1.807, 2.05) is 0 Å². The van der Waals surface area contributed by atoms with E-state index < -0.39 is 21.8 Å². The first-order chi connectivity index (χ1) is 14.1. The van der Waals surface area contributed by atoms with E-state index in [2.05, 4.69) is 10.0 Å². The van der Waals surface area contributed by atoms with Crippen LogP contribution in [0.2, 0.25) is 0 Å². The van der Waals surface area contributed by atoms with Crippen molar-refractivity contribution in [2.24, 2.45) is 0 Å². The lowest BCUT2D eigenvalue weighted by Crippen LogP contribution is -2.36. The number of amides is 1. The fourth-order valence-electron chi connectivity index (χ4n) is 3.18. The first-order valence-corrected chi connectivity index (χ1v) is 10.8. The highest BCUT2D eigenvalue weighted by Crippen LogP contribution is 2.31. The molecule has 10 heteroatoms. The van der Waals surface area contributed by atoms with Gasteiger partial charge in [0.1, 0.15) is 5.75 Å². The Bertz CT molecular complexity index is 986. The van der Waals surface area contributed by atoms with Crippen LogP contribution in [-0.4, -0.2) is 27.0 Å². The Labute approximate surface area is 172 Å². The monoisotopic (exact) mass is 442 g/mol. The van der Waals surface area contributed by atoms with Gasteiger partial charge in [0.25, 0.3) is 15.9 Å². The Morgan fingerprint density at radius 2 is 1.73 bits per heavy atom. The van der Waals surface area contributed by atoms with E-state index in [1.165, 1.54) is 30.3 Å². The molecule has 1 saturated carbocycles. The molecule has 2 N–H and O–H groups in total. The number of carbonyl (C=O) groups excluding carboxylic acids is 1. The summed E-state index contributed by atoms with van der Waals surface area (Å²) in [7, 11) is -4.09. The Morgan fingerprint density at radius 1 is 1.07 bits per heavy atom. The van der Waals surface area contributed by atoms with Gasteiger partial charge < -0.3 is 10.1 Å². The van der Waals surface area contributed by atoms with Crippen LogP contribution in [0, 0.1) is 0 Å². The van der Waals surface area contributed by atoms with E-state index >= 15 is 0 Å². The lowest BCUT2D eigenvalue weighted by molar-refractivity contribution is -0.137. The van der Waals surface area contributed by atoms with E-state index in [-0.39, 0.29) is 29.1 Å². The molecule has 2 aromatic rings. The highest BCUT2D eigenvalue weighted by molar-refractivity contribution is 7.92. The number of sulfonamides is 1. The summed E-state index contributed by atoms with van der Waals surface area (Å²) < 4.78 is 70.7. The number of hydrogen-bond acceptors (Lipinski definition) is 4. The summed E-state index contributed by atoms with van der Waals surface area (Å²) in [5, 5.41) is 2.88. The van der Waals surface area contributed by atoms with Gasteiger partial charge in [0.2, 0.25) is 0 Å². The summed E-state index contributed by atoms with van der Waals surface area (Å²) in [4.78, 5) is 11.7. The highest BCUT2D eigenvalue weighted by atomic mass is 32.2. The lowest BCUT2D eigenvalue weighted by Gasteiger charge is -2.13. The Morgan fingerprint density at radius 3 is 2.37 bits per heavy atom. The van der Waals surface area contributed by atoms with Gasteiger partial charge in [-0.15, -0.1) is 0 Å². The number of nitrogens with one attached hydrogen (secondary N) is 2. The van der Waals surface area contributed by atoms with Crippen molar-refractivity contribution in [1.82, 2.24) is 5.32 Å². The van der Waals surface area contributed by atoms with Gasteiger partial charge >= 0.3 is 6.18 Å².